The van der Waals surface area contributed by atoms with Crippen molar-refractivity contribution in [3.63, 3.8) is 0 Å². The van der Waals surface area contributed by atoms with E-state index in [1.807, 2.05) is 78.5 Å². The molecule has 7 nitrogen and oxygen atoms in total. The second-order valence-electron chi connectivity index (χ2n) is 8.68. The second kappa shape index (κ2) is 9.47. The van der Waals surface area contributed by atoms with E-state index in [1.54, 1.807) is 0 Å². The standard InChI is InChI=1S/C27H27N5O2/c1-18-24(16-32(31-18)20-11-13-21(33)14-12-20)23-15-25(29-30-27(23)28)22-9-5-6-10-26(22)34-17-19-7-3-2-4-8-19/h2-10,15-16,20H,11-14,17H2,1H3,(H2,28,30). The minimum absolute atomic E-state index is 0.229. The highest BCUT2D eigenvalue weighted by atomic mass is 16.5. The Morgan fingerprint density at radius 2 is 1.71 bits per heavy atom. The van der Waals surface area contributed by atoms with E-state index in [1.165, 1.54) is 0 Å². The first kappa shape index (κ1) is 21.8. The average molecular weight is 454 g/mol. The van der Waals surface area contributed by atoms with Crippen molar-refractivity contribution in [2.75, 3.05) is 5.73 Å². The van der Waals surface area contributed by atoms with E-state index in [0.717, 1.165) is 46.5 Å². The summed E-state index contributed by atoms with van der Waals surface area (Å²) in [5.41, 5.74) is 11.5. The van der Waals surface area contributed by atoms with Crippen LogP contribution in [0, 0.1) is 6.92 Å². The van der Waals surface area contributed by atoms with Gasteiger partial charge in [-0.2, -0.15) is 5.10 Å². The Balaban J connectivity index is 1.45. The summed E-state index contributed by atoms with van der Waals surface area (Å²) in [5, 5.41) is 13.4. The molecule has 1 saturated carbocycles. The number of ketones is 1. The Hall–Kier alpha value is -4.00. The zero-order chi connectivity index (χ0) is 23.5. The van der Waals surface area contributed by atoms with E-state index in [2.05, 4.69) is 10.2 Å². The molecule has 0 aliphatic heterocycles. The number of nitrogens with two attached hydrogens (primary N) is 1. The molecule has 0 amide bonds. The highest BCUT2D eigenvalue weighted by Gasteiger charge is 2.23. The number of para-hydroxylation sites is 1. The highest BCUT2D eigenvalue weighted by Crippen LogP contribution is 2.35. The van der Waals surface area contributed by atoms with E-state index >= 15 is 0 Å². The Morgan fingerprint density at radius 1 is 0.971 bits per heavy atom. The Kier molecular flexibility index (Phi) is 6.08. The first-order valence-electron chi connectivity index (χ1n) is 11.6. The first-order valence-corrected chi connectivity index (χ1v) is 11.6. The Labute approximate surface area is 198 Å². The van der Waals surface area contributed by atoms with Crippen LogP contribution in [-0.4, -0.2) is 25.8 Å². The normalized spacial score (nSPS) is 14.3. The third kappa shape index (κ3) is 4.55. The van der Waals surface area contributed by atoms with Gasteiger partial charge in [-0.25, -0.2) is 0 Å². The van der Waals surface area contributed by atoms with Crippen LogP contribution in [0.25, 0.3) is 22.4 Å². The summed E-state index contributed by atoms with van der Waals surface area (Å²) in [6, 6.07) is 20.0. The number of anilines is 1. The van der Waals surface area contributed by atoms with Gasteiger partial charge in [0.2, 0.25) is 0 Å². The molecule has 2 N–H and O–H groups in total. The number of ether oxygens (including phenoxy) is 1. The molecule has 4 aromatic rings. The Morgan fingerprint density at radius 3 is 2.50 bits per heavy atom. The SMILES string of the molecule is Cc1nn(C2CCC(=O)CC2)cc1-c1cc(-c2ccccc2OCc2ccccc2)nnc1N. The lowest BCUT2D eigenvalue weighted by molar-refractivity contribution is -0.120. The van der Waals surface area contributed by atoms with Gasteiger partial charge < -0.3 is 10.5 Å². The molecule has 0 radical (unpaired) electrons. The van der Waals surface area contributed by atoms with Crippen molar-refractivity contribution in [3.05, 3.63) is 78.1 Å². The minimum atomic E-state index is 0.229. The summed E-state index contributed by atoms with van der Waals surface area (Å²) in [6.45, 7) is 2.43. The molecule has 1 aliphatic carbocycles. The quantitative estimate of drug-likeness (QED) is 0.433. The van der Waals surface area contributed by atoms with Crippen LogP contribution in [0.15, 0.2) is 66.9 Å². The highest BCUT2D eigenvalue weighted by molar-refractivity contribution is 5.80. The maximum absolute atomic E-state index is 11.6. The van der Waals surface area contributed by atoms with Crippen molar-refractivity contribution in [2.45, 2.75) is 45.3 Å². The predicted octanol–water partition coefficient (Wildman–Crippen LogP) is 5.16. The molecule has 0 bridgehead atoms. The molecule has 0 atom stereocenters. The minimum Gasteiger partial charge on any atom is -0.488 e. The van der Waals surface area contributed by atoms with Crippen molar-refractivity contribution < 1.29 is 9.53 Å². The van der Waals surface area contributed by atoms with Crippen LogP contribution in [0.4, 0.5) is 5.82 Å². The molecule has 2 aromatic heterocycles. The van der Waals surface area contributed by atoms with Crippen LogP contribution in [0.2, 0.25) is 0 Å². The first-order chi connectivity index (χ1) is 16.6. The molecule has 0 spiro atoms. The number of hydrogen-bond acceptors (Lipinski definition) is 6. The van der Waals surface area contributed by atoms with Crippen LogP contribution in [-0.2, 0) is 11.4 Å². The monoisotopic (exact) mass is 453 g/mol. The number of carbonyl (C=O) groups is 1. The number of nitrogens with zero attached hydrogens (tertiary/aromatic N) is 4. The van der Waals surface area contributed by atoms with E-state index in [0.29, 0.717) is 36.7 Å². The van der Waals surface area contributed by atoms with E-state index < -0.39 is 0 Å². The van der Waals surface area contributed by atoms with Gasteiger partial charge in [0.15, 0.2) is 5.82 Å². The largest absolute Gasteiger partial charge is 0.488 e. The lowest BCUT2D eigenvalue weighted by Crippen LogP contribution is -2.18. The van der Waals surface area contributed by atoms with Crippen molar-refractivity contribution in [3.8, 4) is 28.1 Å². The lowest BCUT2D eigenvalue weighted by atomic mass is 9.94. The van der Waals surface area contributed by atoms with Gasteiger partial charge in [-0.15, -0.1) is 10.2 Å². The van der Waals surface area contributed by atoms with E-state index in [9.17, 15) is 4.79 Å². The van der Waals surface area contributed by atoms with Crippen molar-refractivity contribution in [1.29, 1.82) is 0 Å². The third-order valence-electron chi connectivity index (χ3n) is 6.32. The topological polar surface area (TPSA) is 95.9 Å². The molecule has 172 valence electrons. The van der Waals surface area contributed by atoms with Gasteiger partial charge in [0.25, 0.3) is 0 Å². The van der Waals surface area contributed by atoms with Gasteiger partial charge in [-0.05, 0) is 43.5 Å². The summed E-state index contributed by atoms with van der Waals surface area (Å²) in [5.74, 6) is 1.42. The summed E-state index contributed by atoms with van der Waals surface area (Å²) >= 11 is 0. The number of Topliss-reactive ketones (excluding diaryl/α,β-unsaturated/α-hetero) is 1. The van der Waals surface area contributed by atoms with Crippen molar-refractivity contribution in [2.24, 2.45) is 0 Å². The van der Waals surface area contributed by atoms with E-state index in [4.69, 9.17) is 15.6 Å². The maximum atomic E-state index is 11.6. The number of rotatable bonds is 6. The molecule has 0 unspecified atom stereocenters. The fourth-order valence-electron chi connectivity index (χ4n) is 4.41. The maximum Gasteiger partial charge on any atom is 0.154 e. The fourth-order valence-corrected chi connectivity index (χ4v) is 4.41. The van der Waals surface area contributed by atoms with Gasteiger partial charge in [-0.1, -0.05) is 42.5 Å². The van der Waals surface area contributed by atoms with Crippen molar-refractivity contribution >= 4 is 11.6 Å². The summed E-state index contributed by atoms with van der Waals surface area (Å²) in [7, 11) is 0. The average Bonchev–Trinajstić information content (AvgIpc) is 3.25. The second-order valence-corrected chi connectivity index (χ2v) is 8.68. The smallest absolute Gasteiger partial charge is 0.154 e. The van der Waals surface area contributed by atoms with E-state index in [-0.39, 0.29) is 6.04 Å². The van der Waals surface area contributed by atoms with Gasteiger partial charge >= 0.3 is 0 Å². The zero-order valence-electron chi connectivity index (χ0n) is 19.1. The molecule has 2 heterocycles. The number of carbonyl (C=O) groups excluding carboxylic acids is 1. The summed E-state index contributed by atoms with van der Waals surface area (Å²) in [6.07, 6.45) is 4.88. The molecule has 1 aliphatic rings. The lowest BCUT2D eigenvalue weighted by Gasteiger charge is -2.21. The van der Waals surface area contributed by atoms with Crippen LogP contribution >= 0.6 is 0 Å². The predicted molar refractivity (Wildman–Crippen MR) is 131 cm³/mol. The molecular formula is C27H27N5O2. The van der Waals surface area contributed by atoms with Crippen LogP contribution < -0.4 is 10.5 Å². The van der Waals surface area contributed by atoms with Gasteiger partial charge in [-0.3, -0.25) is 9.48 Å². The number of aromatic nitrogens is 4. The molecule has 0 saturated heterocycles. The molecule has 1 fully saturated rings. The molecule has 34 heavy (non-hydrogen) atoms. The number of aryl methyl sites for hydroxylation is 1. The van der Waals surface area contributed by atoms with Crippen LogP contribution in [0.5, 0.6) is 5.75 Å². The zero-order valence-corrected chi connectivity index (χ0v) is 19.1. The Bertz CT molecular complexity index is 1310. The third-order valence-corrected chi connectivity index (χ3v) is 6.32. The number of hydrogen-bond donors (Lipinski definition) is 1. The summed E-state index contributed by atoms with van der Waals surface area (Å²) in [4.78, 5) is 11.6. The van der Waals surface area contributed by atoms with Gasteiger partial charge in [0, 0.05) is 35.7 Å². The number of nitrogen functional groups attached to an aromatic ring is 1. The van der Waals surface area contributed by atoms with Gasteiger partial charge in [0.05, 0.1) is 17.4 Å². The molecular weight excluding hydrogens is 426 g/mol. The van der Waals surface area contributed by atoms with Gasteiger partial charge in [0.1, 0.15) is 18.1 Å². The fraction of sp³-hybridized carbons (Fsp3) is 0.259. The van der Waals surface area contributed by atoms with Crippen LogP contribution in [0.3, 0.4) is 0 Å². The van der Waals surface area contributed by atoms with Crippen molar-refractivity contribution in [1.82, 2.24) is 20.0 Å². The molecule has 7 heteroatoms. The number of benzene rings is 2. The summed E-state index contributed by atoms with van der Waals surface area (Å²) < 4.78 is 8.11. The molecule has 5 rings (SSSR count). The van der Waals surface area contributed by atoms with Crippen LogP contribution in [0.1, 0.15) is 43.0 Å². The molecule has 2 aromatic carbocycles.